The number of fused-ring (bicyclic) bond motifs is 1. The van der Waals surface area contributed by atoms with Crippen LogP contribution in [0.25, 0.3) is 16.5 Å². The first-order valence-corrected chi connectivity index (χ1v) is 10.6. The third kappa shape index (κ3) is 2.98. The van der Waals surface area contributed by atoms with Gasteiger partial charge >= 0.3 is 0 Å². The molecule has 1 aliphatic rings. The number of anilines is 1. The molecule has 0 aliphatic heterocycles. The lowest BCUT2D eigenvalue weighted by Gasteiger charge is -2.08. The Morgan fingerprint density at radius 3 is 2.82 bits per heavy atom. The quantitative estimate of drug-likeness (QED) is 0.540. The summed E-state index contributed by atoms with van der Waals surface area (Å²) < 4.78 is 1.50. The number of rotatable bonds is 4. The lowest BCUT2D eigenvalue weighted by molar-refractivity contribution is 0.103. The topological polar surface area (TPSA) is 92.7 Å². The molecule has 0 radical (unpaired) electrons. The smallest absolute Gasteiger partial charge is 0.266 e. The van der Waals surface area contributed by atoms with Gasteiger partial charge in [0.15, 0.2) is 0 Å². The summed E-state index contributed by atoms with van der Waals surface area (Å²) in [5.41, 5.74) is 2.13. The fraction of sp³-hybridized carbons (Fsp3) is 0.158. The molecule has 1 amide bonds. The number of carbonyl (C=O) groups excluding carboxylic acids is 1. The maximum Gasteiger partial charge on any atom is 0.266 e. The molecular formula is C19H15N5O2S2. The van der Waals surface area contributed by atoms with E-state index in [4.69, 9.17) is 0 Å². The van der Waals surface area contributed by atoms with Gasteiger partial charge in [0.1, 0.15) is 11.5 Å². The van der Waals surface area contributed by atoms with Crippen LogP contribution < -0.4 is 10.9 Å². The number of hydrogen-bond donors (Lipinski definition) is 2. The van der Waals surface area contributed by atoms with Crippen molar-refractivity contribution in [2.45, 2.75) is 19.3 Å². The number of aromatic amines is 1. The zero-order valence-corrected chi connectivity index (χ0v) is 16.3. The monoisotopic (exact) mass is 409 g/mol. The van der Waals surface area contributed by atoms with Gasteiger partial charge in [0, 0.05) is 11.6 Å². The first kappa shape index (κ1) is 17.1. The van der Waals surface area contributed by atoms with E-state index in [2.05, 4.69) is 20.4 Å². The number of H-pyrrole nitrogens is 1. The molecule has 0 aromatic carbocycles. The van der Waals surface area contributed by atoms with Crippen molar-refractivity contribution in [3.63, 3.8) is 0 Å². The molecule has 0 spiro atoms. The molecule has 9 heteroatoms. The molecule has 4 aromatic heterocycles. The van der Waals surface area contributed by atoms with Gasteiger partial charge in [-0.1, -0.05) is 12.1 Å². The van der Waals surface area contributed by atoms with Gasteiger partial charge in [0.05, 0.1) is 15.4 Å². The molecule has 2 N–H and O–H groups in total. The number of aryl methyl sites for hydroxylation is 1. The maximum atomic E-state index is 12.6. The maximum absolute atomic E-state index is 12.6. The van der Waals surface area contributed by atoms with Crippen molar-refractivity contribution in [3.05, 3.63) is 67.6 Å². The average molecular weight is 409 g/mol. The van der Waals surface area contributed by atoms with Crippen molar-refractivity contribution in [1.82, 2.24) is 19.7 Å². The van der Waals surface area contributed by atoms with Crippen LogP contribution in [-0.2, 0) is 12.8 Å². The summed E-state index contributed by atoms with van der Waals surface area (Å²) in [6.45, 7) is 0. The van der Waals surface area contributed by atoms with Crippen LogP contribution in [0.5, 0.6) is 0 Å². The van der Waals surface area contributed by atoms with Crippen LogP contribution in [0, 0.1) is 0 Å². The largest absolute Gasteiger partial charge is 0.306 e. The van der Waals surface area contributed by atoms with Crippen LogP contribution in [0.1, 0.15) is 27.3 Å². The van der Waals surface area contributed by atoms with Gasteiger partial charge in [0.25, 0.3) is 11.5 Å². The van der Waals surface area contributed by atoms with E-state index in [9.17, 15) is 9.59 Å². The van der Waals surface area contributed by atoms with Crippen molar-refractivity contribution in [1.29, 1.82) is 0 Å². The first-order valence-electron chi connectivity index (χ1n) is 8.80. The van der Waals surface area contributed by atoms with E-state index in [1.165, 1.54) is 16.0 Å². The zero-order valence-electron chi connectivity index (χ0n) is 14.6. The number of nitrogens with zero attached hydrogens (tertiary/aromatic N) is 3. The minimum atomic E-state index is -0.225. The van der Waals surface area contributed by atoms with Gasteiger partial charge in [-0.25, -0.2) is 4.98 Å². The Morgan fingerprint density at radius 2 is 2.04 bits per heavy atom. The number of thiophene rings is 2. The Hall–Kier alpha value is -3.04. The van der Waals surface area contributed by atoms with Gasteiger partial charge in [-0.2, -0.15) is 9.78 Å². The molecule has 4 heterocycles. The van der Waals surface area contributed by atoms with Crippen molar-refractivity contribution in [3.8, 4) is 16.5 Å². The summed E-state index contributed by atoms with van der Waals surface area (Å²) >= 11 is 2.92. The molecule has 0 unspecified atom stereocenters. The zero-order chi connectivity index (χ0) is 19.1. The van der Waals surface area contributed by atoms with Gasteiger partial charge in [0.2, 0.25) is 5.95 Å². The molecule has 5 rings (SSSR count). The minimum Gasteiger partial charge on any atom is -0.306 e. The molecule has 4 aromatic rings. The molecule has 0 saturated heterocycles. The Bertz CT molecular complexity index is 1210. The second-order valence-corrected chi connectivity index (χ2v) is 8.30. The number of hydrogen-bond acceptors (Lipinski definition) is 6. The number of nitrogens with one attached hydrogen (secondary N) is 2. The molecule has 7 nitrogen and oxygen atoms in total. The molecule has 1 aliphatic carbocycles. The van der Waals surface area contributed by atoms with E-state index < -0.39 is 0 Å². The van der Waals surface area contributed by atoms with Crippen LogP contribution in [0.4, 0.5) is 5.82 Å². The average Bonchev–Trinajstić information content (AvgIpc) is 3.47. The lowest BCUT2D eigenvalue weighted by Crippen LogP contribution is -2.21. The van der Waals surface area contributed by atoms with E-state index >= 15 is 0 Å². The highest BCUT2D eigenvalue weighted by atomic mass is 32.1. The highest BCUT2D eigenvalue weighted by molar-refractivity contribution is 7.13. The van der Waals surface area contributed by atoms with Crippen LogP contribution >= 0.6 is 22.7 Å². The fourth-order valence-electron chi connectivity index (χ4n) is 3.29. The number of carbonyl (C=O) groups is 1. The Labute approximate surface area is 167 Å². The van der Waals surface area contributed by atoms with Gasteiger partial charge < -0.3 is 5.32 Å². The molecule has 0 saturated carbocycles. The Kier molecular flexibility index (Phi) is 4.18. The van der Waals surface area contributed by atoms with Crippen LogP contribution in [-0.4, -0.2) is 25.7 Å². The van der Waals surface area contributed by atoms with Crippen LogP contribution in [0.15, 0.2) is 45.9 Å². The third-order valence-electron chi connectivity index (χ3n) is 4.60. The van der Waals surface area contributed by atoms with Crippen LogP contribution in [0.3, 0.4) is 0 Å². The third-order valence-corrected chi connectivity index (χ3v) is 6.36. The van der Waals surface area contributed by atoms with E-state index in [0.29, 0.717) is 22.3 Å². The molecule has 0 fully saturated rings. The predicted molar refractivity (Wildman–Crippen MR) is 110 cm³/mol. The normalized spacial score (nSPS) is 12.9. The minimum absolute atomic E-state index is 0.138. The molecule has 140 valence electrons. The lowest BCUT2D eigenvalue weighted by atomic mass is 10.3. The second-order valence-electron chi connectivity index (χ2n) is 6.40. The highest BCUT2D eigenvalue weighted by Gasteiger charge is 2.21. The molecular weight excluding hydrogens is 394 g/mol. The van der Waals surface area contributed by atoms with Crippen molar-refractivity contribution in [2.24, 2.45) is 0 Å². The van der Waals surface area contributed by atoms with Crippen molar-refractivity contribution < 1.29 is 4.79 Å². The van der Waals surface area contributed by atoms with Crippen LogP contribution in [0.2, 0.25) is 0 Å². The van der Waals surface area contributed by atoms with E-state index in [0.717, 1.165) is 35.4 Å². The Morgan fingerprint density at radius 1 is 1.18 bits per heavy atom. The van der Waals surface area contributed by atoms with Gasteiger partial charge in [-0.15, -0.1) is 22.7 Å². The standard InChI is InChI=1S/C19H15N5O2S2/c25-17-11-4-1-5-12(11)20-19(22-17)24-16(21-18(26)15-7-3-9-28-15)10-13(23-24)14-6-2-8-27-14/h2-3,6-10H,1,4-5H2,(H,21,26)(H,20,22,25). The predicted octanol–water partition coefficient (Wildman–Crippen LogP) is 3.49. The van der Waals surface area contributed by atoms with E-state index in [1.54, 1.807) is 23.5 Å². The summed E-state index contributed by atoms with van der Waals surface area (Å²) in [6, 6.07) is 9.29. The highest BCUT2D eigenvalue weighted by Crippen LogP contribution is 2.28. The second kappa shape index (κ2) is 6.84. The van der Waals surface area contributed by atoms with E-state index in [-0.39, 0.29) is 11.5 Å². The fourth-order valence-corrected chi connectivity index (χ4v) is 4.59. The summed E-state index contributed by atoms with van der Waals surface area (Å²) in [6.07, 6.45) is 2.46. The summed E-state index contributed by atoms with van der Waals surface area (Å²) in [4.78, 5) is 34.0. The summed E-state index contributed by atoms with van der Waals surface area (Å²) in [5.74, 6) is 0.551. The number of aromatic nitrogens is 4. The Balaban J connectivity index is 1.61. The van der Waals surface area contributed by atoms with Crippen molar-refractivity contribution >= 4 is 34.4 Å². The summed E-state index contributed by atoms with van der Waals surface area (Å²) in [7, 11) is 0. The van der Waals surface area contributed by atoms with Crippen molar-refractivity contribution in [2.75, 3.05) is 5.32 Å². The van der Waals surface area contributed by atoms with E-state index in [1.807, 2.05) is 29.0 Å². The molecule has 0 atom stereocenters. The van der Waals surface area contributed by atoms with Gasteiger partial charge in [-0.05, 0) is 42.2 Å². The first-order chi connectivity index (χ1) is 13.7. The van der Waals surface area contributed by atoms with Gasteiger partial charge in [-0.3, -0.25) is 14.6 Å². The summed E-state index contributed by atoms with van der Waals surface area (Å²) in [5, 5.41) is 11.3. The molecule has 0 bridgehead atoms. The number of amides is 1. The SMILES string of the molecule is O=C(Nc1cc(-c2cccs2)nn1-c1nc2c(c(=O)[nH]1)CCC2)c1cccs1. The molecule has 28 heavy (non-hydrogen) atoms.